The molecule has 1 atom stereocenters. The first-order valence-electron chi connectivity index (χ1n) is 8.19. The number of carbonyl (C=O) groups is 1. The van der Waals surface area contributed by atoms with E-state index in [-0.39, 0.29) is 11.5 Å². The minimum absolute atomic E-state index is 0.157. The van der Waals surface area contributed by atoms with Gasteiger partial charge in [0.1, 0.15) is 5.82 Å². The molecule has 2 aromatic heterocycles. The fourth-order valence-electron chi connectivity index (χ4n) is 2.42. The van der Waals surface area contributed by atoms with Crippen molar-refractivity contribution in [2.24, 2.45) is 0 Å². The van der Waals surface area contributed by atoms with Crippen molar-refractivity contribution in [3.63, 3.8) is 0 Å². The number of fused-ring (bicyclic) bond motifs is 1. The number of carbonyl (C=O) groups excluding carboxylic acids is 1. The van der Waals surface area contributed by atoms with E-state index < -0.39 is 5.25 Å². The lowest BCUT2D eigenvalue weighted by atomic mass is 10.2. The summed E-state index contributed by atoms with van der Waals surface area (Å²) in [5.74, 6) is 0.161. The van der Waals surface area contributed by atoms with Crippen molar-refractivity contribution in [1.82, 2.24) is 14.5 Å². The number of rotatable bonds is 6. The zero-order valence-corrected chi connectivity index (χ0v) is 16.1. The van der Waals surface area contributed by atoms with E-state index in [0.717, 1.165) is 0 Å². The van der Waals surface area contributed by atoms with Gasteiger partial charge in [-0.25, -0.2) is 9.97 Å². The van der Waals surface area contributed by atoms with E-state index in [9.17, 15) is 9.59 Å². The van der Waals surface area contributed by atoms with E-state index in [4.69, 9.17) is 11.6 Å². The molecule has 8 heteroatoms. The van der Waals surface area contributed by atoms with Crippen LogP contribution in [0.15, 0.2) is 65.2 Å². The third-order valence-electron chi connectivity index (χ3n) is 3.77. The number of para-hydroxylation sites is 1. The highest BCUT2D eigenvalue weighted by Gasteiger charge is 2.19. The number of halogens is 1. The number of anilines is 1. The van der Waals surface area contributed by atoms with Crippen LogP contribution >= 0.6 is 23.4 Å². The molecule has 27 heavy (non-hydrogen) atoms. The van der Waals surface area contributed by atoms with Gasteiger partial charge in [-0.1, -0.05) is 41.6 Å². The Balaban J connectivity index is 1.87. The predicted octanol–water partition coefficient (Wildman–Crippen LogP) is 3.75. The van der Waals surface area contributed by atoms with Crippen LogP contribution in [0.3, 0.4) is 0 Å². The summed E-state index contributed by atoms with van der Waals surface area (Å²) in [5, 5.41) is 3.72. The standard InChI is InChI=1S/C19H17ClN4O2S/c1-3-10-24-18(26)14-6-4-5-7-15(14)22-19(24)27-12(2)17(25)23-16-9-8-13(20)11-21-16/h3-9,11-12H,1,10H2,2H3,(H,21,23,25). The van der Waals surface area contributed by atoms with Crippen LogP contribution in [-0.4, -0.2) is 25.7 Å². The molecular weight excluding hydrogens is 384 g/mol. The van der Waals surface area contributed by atoms with Gasteiger partial charge in [-0.2, -0.15) is 0 Å². The van der Waals surface area contributed by atoms with E-state index in [2.05, 4.69) is 21.9 Å². The first-order valence-corrected chi connectivity index (χ1v) is 9.45. The first-order chi connectivity index (χ1) is 13.0. The van der Waals surface area contributed by atoms with Crippen LogP contribution in [0.1, 0.15) is 6.92 Å². The summed E-state index contributed by atoms with van der Waals surface area (Å²) in [6, 6.07) is 10.4. The molecule has 1 N–H and O–H groups in total. The maximum Gasteiger partial charge on any atom is 0.262 e. The highest BCUT2D eigenvalue weighted by molar-refractivity contribution is 8.00. The molecule has 0 saturated heterocycles. The summed E-state index contributed by atoms with van der Waals surface area (Å²) < 4.78 is 1.52. The van der Waals surface area contributed by atoms with Crippen molar-refractivity contribution in [2.75, 3.05) is 5.32 Å². The smallest absolute Gasteiger partial charge is 0.262 e. The van der Waals surface area contributed by atoms with Gasteiger partial charge in [0, 0.05) is 12.7 Å². The maximum atomic E-state index is 12.8. The van der Waals surface area contributed by atoms with Crippen LogP contribution in [0, 0.1) is 0 Å². The molecular formula is C19H17ClN4O2S. The van der Waals surface area contributed by atoms with E-state index >= 15 is 0 Å². The van der Waals surface area contributed by atoms with E-state index in [1.54, 1.807) is 43.3 Å². The van der Waals surface area contributed by atoms with Gasteiger partial charge in [-0.3, -0.25) is 14.2 Å². The first kappa shape index (κ1) is 19.1. The Kier molecular flexibility index (Phi) is 5.93. The molecule has 3 rings (SSSR count). The maximum absolute atomic E-state index is 12.8. The van der Waals surface area contributed by atoms with Gasteiger partial charge < -0.3 is 5.32 Å². The molecule has 1 aromatic carbocycles. The Morgan fingerprint density at radius 2 is 2.15 bits per heavy atom. The molecule has 6 nitrogen and oxygen atoms in total. The molecule has 0 radical (unpaired) electrons. The average molecular weight is 401 g/mol. The molecule has 0 bridgehead atoms. The Hall–Kier alpha value is -2.64. The van der Waals surface area contributed by atoms with Gasteiger partial charge in [0.2, 0.25) is 5.91 Å². The summed E-state index contributed by atoms with van der Waals surface area (Å²) in [6.07, 6.45) is 3.09. The highest BCUT2D eigenvalue weighted by atomic mass is 35.5. The van der Waals surface area contributed by atoms with Crippen molar-refractivity contribution in [2.45, 2.75) is 23.9 Å². The molecule has 138 valence electrons. The van der Waals surface area contributed by atoms with Crippen LogP contribution in [0.4, 0.5) is 5.82 Å². The normalized spacial score (nSPS) is 11.9. The summed E-state index contributed by atoms with van der Waals surface area (Å²) in [5.41, 5.74) is 0.437. The summed E-state index contributed by atoms with van der Waals surface area (Å²) in [6.45, 7) is 5.76. The molecule has 0 aliphatic rings. The molecule has 1 amide bonds. The van der Waals surface area contributed by atoms with Crippen LogP contribution in [0.2, 0.25) is 5.02 Å². The Labute approximate surface area is 165 Å². The van der Waals surface area contributed by atoms with Crippen molar-refractivity contribution in [3.05, 3.63) is 70.6 Å². The highest BCUT2D eigenvalue weighted by Crippen LogP contribution is 2.23. The second kappa shape index (κ2) is 8.37. The predicted molar refractivity (Wildman–Crippen MR) is 109 cm³/mol. The lowest BCUT2D eigenvalue weighted by Gasteiger charge is -2.15. The number of aromatic nitrogens is 3. The number of benzene rings is 1. The van der Waals surface area contributed by atoms with Gasteiger partial charge in [0.25, 0.3) is 5.56 Å². The van der Waals surface area contributed by atoms with Crippen molar-refractivity contribution >= 4 is 46.0 Å². The van der Waals surface area contributed by atoms with Gasteiger partial charge in [0.05, 0.1) is 21.2 Å². The monoisotopic (exact) mass is 400 g/mol. The molecule has 0 aliphatic carbocycles. The molecule has 0 aliphatic heterocycles. The molecule has 0 spiro atoms. The van der Waals surface area contributed by atoms with Gasteiger partial charge in [-0.15, -0.1) is 6.58 Å². The average Bonchev–Trinajstić information content (AvgIpc) is 2.66. The van der Waals surface area contributed by atoms with Gasteiger partial charge in [-0.05, 0) is 31.2 Å². The fourth-order valence-corrected chi connectivity index (χ4v) is 3.45. The lowest BCUT2D eigenvalue weighted by molar-refractivity contribution is -0.115. The SMILES string of the molecule is C=CCn1c(SC(C)C(=O)Nc2ccc(Cl)cn2)nc2ccccc2c1=O. The van der Waals surface area contributed by atoms with Crippen molar-refractivity contribution in [3.8, 4) is 0 Å². The molecule has 0 fully saturated rings. The number of amides is 1. The van der Waals surface area contributed by atoms with E-state index in [1.165, 1.54) is 22.5 Å². The third kappa shape index (κ3) is 4.37. The topological polar surface area (TPSA) is 76.9 Å². The fraction of sp³-hybridized carbons (Fsp3) is 0.158. The summed E-state index contributed by atoms with van der Waals surface area (Å²) >= 11 is 7.01. The van der Waals surface area contributed by atoms with Crippen LogP contribution in [0.25, 0.3) is 10.9 Å². The zero-order chi connectivity index (χ0) is 19.4. The quantitative estimate of drug-likeness (QED) is 0.387. The number of pyridine rings is 1. The van der Waals surface area contributed by atoms with Crippen LogP contribution in [-0.2, 0) is 11.3 Å². The van der Waals surface area contributed by atoms with Gasteiger partial charge in [0.15, 0.2) is 5.16 Å². The van der Waals surface area contributed by atoms with E-state index in [1.807, 2.05) is 6.07 Å². The van der Waals surface area contributed by atoms with Gasteiger partial charge >= 0.3 is 0 Å². The van der Waals surface area contributed by atoms with Crippen molar-refractivity contribution in [1.29, 1.82) is 0 Å². The largest absolute Gasteiger partial charge is 0.310 e. The molecule has 2 heterocycles. The Morgan fingerprint density at radius 3 is 2.85 bits per heavy atom. The third-order valence-corrected chi connectivity index (χ3v) is 5.08. The molecule has 0 saturated carbocycles. The lowest BCUT2D eigenvalue weighted by Crippen LogP contribution is -2.27. The summed E-state index contributed by atoms with van der Waals surface area (Å²) in [7, 11) is 0. The number of hydrogen-bond acceptors (Lipinski definition) is 5. The molecule has 1 unspecified atom stereocenters. The summed E-state index contributed by atoms with van der Waals surface area (Å²) in [4.78, 5) is 33.8. The Bertz CT molecular complexity index is 1050. The van der Waals surface area contributed by atoms with Crippen LogP contribution in [0.5, 0.6) is 0 Å². The van der Waals surface area contributed by atoms with Crippen molar-refractivity contribution < 1.29 is 4.79 Å². The molecule has 3 aromatic rings. The minimum Gasteiger partial charge on any atom is -0.310 e. The minimum atomic E-state index is -0.494. The second-order valence-corrected chi connectivity index (χ2v) is 7.47. The number of nitrogens with zero attached hydrogens (tertiary/aromatic N) is 3. The second-order valence-electron chi connectivity index (χ2n) is 5.73. The number of hydrogen-bond donors (Lipinski definition) is 1. The number of allylic oxidation sites excluding steroid dienone is 1. The van der Waals surface area contributed by atoms with Crippen LogP contribution < -0.4 is 10.9 Å². The Morgan fingerprint density at radius 1 is 1.37 bits per heavy atom. The zero-order valence-electron chi connectivity index (χ0n) is 14.6. The number of thioether (sulfide) groups is 1. The number of nitrogens with one attached hydrogen (secondary N) is 1. The van der Waals surface area contributed by atoms with E-state index in [0.29, 0.717) is 33.4 Å².